The highest BCUT2D eigenvalue weighted by molar-refractivity contribution is 6.30. The van der Waals surface area contributed by atoms with Crippen molar-refractivity contribution in [1.82, 2.24) is 15.0 Å². The summed E-state index contributed by atoms with van der Waals surface area (Å²) < 4.78 is 5.21. The molecule has 1 aliphatic heterocycles. The summed E-state index contributed by atoms with van der Waals surface area (Å²) in [5, 5.41) is 13.7. The molecule has 0 amide bonds. The standard InChI is InChI=1S/C14H14ClN3O3/c15-10-5-3-9(4-6-10)13-16-12(21-17-13)8-18-7-1-2-11(18)14(19)20/h3-6,11H,1-2,7-8H2,(H,19,20). The van der Waals surface area contributed by atoms with Gasteiger partial charge in [0.2, 0.25) is 11.7 Å². The number of benzene rings is 1. The van der Waals surface area contributed by atoms with Crippen LogP contribution >= 0.6 is 11.6 Å². The third kappa shape index (κ3) is 3.06. The maximum Gasteiger partial charge on any atom is 0.320 e. The van der Waals surface area contributed by atoms with Gasteiger partial charge in [-0.1, -0.05) is 16.8 Å². The molecule has 0 spiro atoms. The molecule has 2 heterocycles. The van der Waals surface area contributed by atoms with Gasteiger partial charge < -0.3 is 9.63 Å². The van der Waals surface area contributed by atoms with E-state index in [1.165, 1.54) is 0 Å². The molecule has 110 valence electrons. The van der Waals surface area contributed by atoms with Crippen LogP contribution in [-0.2, 0) is 11.3 Å². The summed E-state index contributed by atoms with van der Waals surface area (Å²) in [6, 6.07) is 6.68. The minimum Gasteiger partial charge on any atom is -0.480 e. The van der Waals surface area contributed by atoms with Gasteiger partial charge >= 0.3 is 5.97 Å². The Bertz CT molecular complexity index is 641. The molecule has 1 fully saturated rings. The highest BCUT2D eigenvalue weighted by Crippen LogP contribution is 2.22. The number of nitrogens with zero attached hydrogens (tertiary/aromatic N) is 3. The molecular weight excluding hydrogens is 294 g/mol. The summed E-state index contributed by atoms with van der Waals surface area (Å²) in [6.07, 6.45) is 1.53. The molecule has 0 bridgehead atoms. The Hall–Kier alpha value is -1.92. The largest absolute Gasteiger partial charge is 0.480 e. The molecule has 21 heavy (non-hydrogen) atoms. The van der Waals surface area contributed by atoms with E-state index in [4.69, 9.17) is 21.2 Å². The smallest absolute Gasteiger partial charge is 0.320 e. The molecule has 1 unspecified atom stereocenters. The number of likely N-dealkylation sites (tertiary alicyclic amines) is 1. The van der Waals surface area contributed by atoms with E-state index in [0.29, 0.717) is 29.7 Å². The Morgan fingerprint density at radius 2 is 2.19 bits per heavy atom. The molecule has 1 aromatic heterocycles. The summed E-state index contributed by atoms with van der Waals surface area (Å²) in [4.78, 5) is 17.3. The van der Waals surface area contributed by atoms with Crippen molar-refractivity contribution in [1.29, 1.82) is 0 Å². The number of carbonyl (C=O) groups is 1. The number of rotatable bonds is 4. The van der Waals surface area contributed by atoms with Crippen molar-refractivity contribution >= 4 is 17.6 Å². The molecule has 7 heteroatoms. The Kier molecular flexibility index (Phi) is 3.90. The zero-order chi connectivity index (χ0) is 14.8. The number of carboxylic acids is 1. The van der Waals surface area contributed by atoms with Gasteiger partial charge in [-0.05, 0) is 43.7 Å². The van der Waals surface area contributed by atoms with Crippen LogP contribution in [0, 0.1) is 0 Å². The monoisotopic (exact) mass is 307 g/mol. The van der Waals surface area contributed by atoms with Crippen LogP contribution in [0.1, 0.15) is 18.7 Å². The van der Waals surface area contributed by atoms with E-state index in [-0.39, 0.29) is 0 Å². The van der Waals surface area contributed by atoms with Gasteiger partial charge in [0.05, 0.1) is 6.54 Å². The zero-order valence-corrected chi connectivity index (χ0v) is 12.0. The first-order valence-corrected chi connectivity index (χ1v) is 7.06. The average Bonchev–Trinajstić information content (AvgIpc) is 3.09. The van der Waals surface area contributed by atoms with Crippen molar-refractivity contribution in [3.63, 3.8) is 0 Å². The summed E-state index contributed by atoms with van der Waals surface area (Å²) in [6.45, 7) is 1.09. The van der Waals surface area contributed by atoms with E-state index in [0.717, 1.165) is 18.5 Å². The lowest BCUT2D eigenvalue weighted by atomic mass is 10.2. The van der Waals surface area contributed by atoms with Crippen molar-refractivity contribution < 1.29 is 14.4 Å². The molecule has 0 aliphatic carbocycles. The summed E-state index contributed by atoms with van der Waals surface area (Å²) in [7, 11) is 0. The van der Waals surface area contributed by atoms with Crippen molar-refractivity contribution in [3.8, 4) is 11.4 Å². The van der Waals surface area contributed by atoms with Gasteiger partial charge in [-0.2, -0.15) is 4.98 Å². The molecule has 1 atom stereocenters. The minimum absolute atomic E-state index is 0.359. The fourth-order valence-electron chi connectivity index (χ4n) is 2.50. The van der Waals surface area contributed by atoms with Crippen molar-refractivity contribution in [2.75, 3.05) is 6.54 Å². The number of hydrogen-bond donors (Lipinski definition) is 1. The van der Waals surface area contributed by atoms with Crippen LogP contribution in [0.2, 0.25) is 5.02 Å². The number of carboxylic acid groups (broad SMARTS) is 1. The van der Waals surface area contributed by atoms with Crippen LogP contribution < -0.4 is 0 Å². The highest BCUT2D eigenvalue weighted by Gasteiger charge is 2.31. The Labute approximate surface area is 126 Å². The van der Waals surface area contributed by atoms with Gasteiger partial charge in [-0.3, -0.25) is 9.69 Å². The predicted molar refractivity (Wildman–Crippen MR) is 75.8 cm³/mol. The maximum absolute atomic E-state index is 11.1. The van der Waals surface area contributed by atoms with Crippen LogP contribution in [0.3, 0.4) is 0 Å². The highest BCUT2D eigenvalue weighted by atomic mass is 35.5. The summed E-state index contributed by atoms with van der Waals surface area (Å²) in [5.74, 6) is 0.103. The van der Waals surface area contributed by atoms with E-state index in [2.05, 4.69) is 10.1 Å². The molecule has 6 nitrogen and oxygen atoms in total. The molecule has 1 aliphatic rings. The number of aromatic nitrogens is 2. The number of hydrogen-bond acceptors (Lipinski definition) is 5. The van der Waals surface area contributed by atoms with Crippen LogP contribution in [0.25, 0.3) is 11.4 Å². The first-order valence-electron chi connectivity index (χ1n) is 6.69. The van der Waals surface area contributed by atoms with E-state index < -0.39 is 12.0 Å². The SMILES string of the molecule is O=C(O)C1CCCN1Cc1nc(-c2ccc(Cl)cc2)no1. The zero-order valence-electron chi connectivity index (χ0n) is 11.2. The van der Waals surface area contributed by atoms with Crippen molar-refractivity contribution in [2.24, 2.45) is 0 Å². The summed E-state index contributed by atoms with van der Waals surface area (Å²) in [5.41, 5.74) is 0.811. The predicted octanol–water partition coefficient (Wildman–Crippen LogP) is 2.44. The molecular formula is C14H14ClN3O3. The lowest BCUT2D eigenvalue weighted by molar-refractivity contribution is -0.142. The second-order valence-corrected chi connectivity index (χ2v) is 5.42. The van der Waals surface area contributed by atoms with Crippen LogP contribution in [0.4, 0.5) is 0 Å². The first kappa shape index (κ1) is 14.0. The first-order chi connectivity index (χ1) is 10.1. The van der Waals surface area contributed by atoms with Gasteiger partial charge in [0, 0.05) is 10.6 Å². The maximum atomic E-state index is 11.1. The van der Waals surface area contributed by atoms with Crippen molar-refractivity contribution in [3.05, 3.63) is 35.2 Å². The second kappa shape index (κ2) is 5.83. The fourth-order valence-corrected chi connectivity index (χ4v) is 2.63. The molecule has 0 saturated carbocycles. The molecule has 0 radical (unpaired) electrons. The molecule has 1 N–H and O–H groups in total. The third-order valence-electron chi connectivity index (χ3n) is 3.56. The fraction of sp³-hybridized carbons (Fsp3) is 0.357. The van der Waals surface area contributed by atoms with Gasteiger partial charge in [0.15, 0.2) is 0 Å². The van der Waals surface area contributed by atoms with Crippen LogP contribution in [-0.4, -0.2) is 38.7 Å². The van der Waals surface area contributed by atoms with E-state index in [1.807, 2.05) is 17.0 Å². The lowest BCUT2D eigenvalue weighted by Crippen LogP contribution is -2.35. The average molecular weight is 308 g/mol. The molecule has 1 aromatic carbocycles. The minimum atomic E-state index is -0.801. The van der Waals surface area contributed by atoms with E-state index >= 15 is 0 Å². The lowest BCUT2D eigenvalue weighted by Gasteiger charge is -2.18. The summed E-state index contributed by atoms with van der Waals surface area (Å²) >= 11 is 5.84. The van der Waals surface area contributed by atoms with Gasteiger partial charge in [-0.25, -0.2) is 0 Å². The third-order valence-corrected chi connectivity index (χ3v) is 3.81. The van der Waals surface area contributed by atoms with Gasteiger partial charge in [0.1, 0.15) is 6.04 Å². The Morgan fingerprint density at radius 1 is 1.43 bits per heavy atom. The van der Waals surface area contributed by atoms with E-state index in [1.54, 1.807) is 12.1 Å². The second-order valence-electron chi connectivity index (χ2n) is 4.99. The Morgan fingerprint density at radius 3 is 2.90 bits per heavy atom. The van der Waals surface area contributed by atoms with Crippen molar-refractivity contribution in [2.45, 2.75) is 25.4 Å². The van der Waals surface area contributed by atoms with E-state index in [9.17, 15) is 4.79 Å². The van der Waals surface area contributed by atoms with Crippen LogP contribution in [0.5, 0.6) is 0 Å². The molecule has 3 rings (SSSR count). The molecule has 1 saturated heterocycles. The number of aliphatic carboxylic acids is 1. The number of halogens is 1. The normalized spacial score (nSPS) is 19.0. The molecule has 2 aromatic rings. The quantitative estimate of drug-likeness (QED) is 0.934. The Balaban J connectivity index is 1.73. The van der Waals surface area contributed by atoms with Gasteiger partial charge in [0.25, 0.3) is 0 Å². The topological polar surface area (TPSA) is 79.5 Å². The van der Waals surface area contributed by atoms with Crippen LogP contribution in [0.15, 0.2) is 28.8 Å². The van der Waals surface area contributed by atoms with Gasteiger partial charge in [-0.15, -0.1) is 0 Å².